The van der Waals surface area contributed by atoms with Crippen LogP contribution in [0.15, 0.2) is 74.6 Å². The lowest BCUT2D eigenvalue weighted by Crippen LogP contribution is -2.54. The van der Waals surface area contributed by atoms with Gasteiger partial charge in [-0.1, -0.05) is 23.8 Å². The van der Waals surface area contributed by atoms with E-state index in [2.05, 4.69) is 18.1 Å². The highest BCUT2D eigenvalue weighted by Crippen LogP contribution is 2.22. The van der Waals surface area contributed by atoms with Crippen LogP contribution in [0.3, 0.4) is 0 Å². The van der Waals surface area contributed by atoms with Gasteiger partial charge in [0.2, 0.25) is 5.89 Å². The van der Waals surface area contributed by atoms with Crippen molar-refractivity contribution in [2.24, 2.45) is 0 Å². The molecule has 3 rings (SSSR count). The molecule has 0 saturated carbocycles. The SMILES string of the molecule is C=CCn1c(=O)n(CC=C)c(=O)n(Cc2ncc(-c3ccc(Cl)cc3)o2)c1=O. The molecule has 0 amide bonds. The van der Waals surface area contributed by atoms with Crippen LogP contribution in [-0.4, -0.2) is 18.7 Å². The smallest absolute Gasteiger partial charge is 0.337 e. The second-order valence-electron chi connectivity index (χ2n) is 5.86. The first-order valence-corrected chi connectivity index (χ1v) is 8.71. The van der Waals surface area contributed by atoms with E-state index in [0.717, 1.165) is 19.3 Å². The third-order valence-corrected chi connectivity index (χ3v) is 4.24. The average molecular weight is 401 g/mol. The van der Waals surface area contributed by atoms with Crippen LogP contribution < -0.4 is 17.1 Å². The lowest BCUT2D eigenvalue weighted by molar-refractivity contribution is 0.441. The molecule has 3 aromatic rings. The van der Waals surface area contributed by atoms with Gasteiger partial charge in [-0.05, 0) is 24.3 Å². The van der Waals surface area contributed by atoms with E-state index in [4.69, 9.17) is 16.0 Å². The Morgan fingerprint density at radius 1 is 0.929 bits per heavy atom. The summed E-state index contributed by atoms with van der Waals surface area (Å²) in [6.45, 7) is 6.79. The maximum atomic E-state index is 12.6. The Kier molecular flexibility index (Phi) is 5.60. The lowest BCUT2D eigenvalue weighted by atomic mass is 10.2. The number of allylic oxidation sites excluding steroid dienone is 2. The Labute approximate surface area is 164 Å². The summed E-state index contributed by atoms with van der Waals surface area (Å²) in [5.41, 5.74) is -1.50. The summed E-state index contributed by atoms with van der Waals surface area (Å²) in [5, 5.41) is 0.585. The third-order valence-electron chi connectivity index (χ3n) is 3.98. The summed E-state index contributed by atoms with van der Waals surface area (Å²) in [7, 11) is 0. The zero-order valence-corrected chi connectivity index (χ0v) is 15.6. The molecule has 28 heavy (non-hydrogen) atoms. The molecule has 9 heteroatoms. The largest absolute Gasteiger partial charge is 0.439 e. The van der Waals surface area contributed by atoms with Crippen molar-refractivity contribution < 1.29 is 4.42 Å². The molecule has 0 aliphatic carbocycles. The molecule has 2 heterocycles. The summed E-state index contributed by atoms with van der Waals surface area (Å²) in [4.78, 5) is 41.8. The first kappa shape index (κ1) is 19.4. The van der Waals surface area contributed by atoms with Crippen LogP contribution in [0.25, 0.3) is 11.3 Å². The molecule has 1 aromatic carbocycles. The zero-order chi connectivity index (χ0) is 20.3. The highest BCUT2D eigenvalue weighted by atomic mass is 35.5. The van der Waals surface area contributed by atoms with Gasteiger partial charge in [0, 0.05) is 10.6 Å². The maximum absolute atomic E-state index is 12.6. The van der Waals surface area contributed by atoms with E-state index in [1.54, 1.807) is 24.3 Å². The van der Waals surface area contributed by atoms with Crippen LogP contribution in [0.4, 0.5) is 0 Å². The predicted molar refractivity (Wildman–Crippen MR) is 106 cm³/mol. The molecule has 0 aliphatic heterocycles. The first-order valence-electron chi connectivity index (χ1n) is 8.33. The van der Waals surface area contributed by atoms with Gasteiger partial charge in [-0.3, -0.25) is 0 Å². The number of oxazole rings is 1. The van der Waals surface area contributed by atoms with E-state index in [9.17, 15) is 14.4 Å². The summed E-state index contributed by atoms with van der Waals surface area (Å²) in [6, 6.07) is 6.95. The third kappa shape index (κ3) is 3.67. The van der Waals surface area contributed by atoms with E-state index in [1.807, 2.05) is 0 Å². The van der Waals surface area contributed by atoms with E-state index >= 15 is 0 Å². The first-order chi connectivity index (χ1) is 13.5. The maximum Gasteiger partial charge on any atom is 0.337 e. The van der Waals surface area contributed by atoms with Gasteiger partial charge < -0.3 is 4.42 Å². The van der Waals surface area contributed by atoms with Crippen LogP contribution in [0.2, 0.25) is 5.02 Å². The van der Waals surface area contributed by atoms with Gasteiger partial charge in [-0.25, -0.2) is 33.1 Å². The van der Waals surface area contributed by atoms with Gasteiger partial charge in [0.05, 0.1) is 19.3 Å². The molecular formula is C19H17ClN4O4. The molecule has 0 saturated heterocycles. The molecule has 0 spiro atoms. The quantitative estimate of drug-likeness (QED) is 0.565. The summed E-state index contributed by atoms with van der Waals surface area (Å²) in [6.07, 6.45) is 4.30. The monoisotopic (exact) mass is 400 g/mol. The predicted octanol–water partition coefficient (Wildman–Crippen LogP) is 1.90. The van der Waals surface area contributed by atoms with Crippen molar-refractivity contribution >= 4 is 11.6 Å². The van der Waals surface area contributed by atoms with Crippen molar-refractivity contribution in [3.05, 3.63) is 98.1 Å². The molecule has 0 unspecified atom stereocenters. The van der Waals surface area contributed by atoms with Gasteiger partial charge in [0.15, 0.2) is 5.76 Å². The Hall–Kier alpha value is -3.39. The van der Waals surface area contributed by atoms with E-state index in [1.165, 1.54) is 18.3 Å². The lowest BCUT2D eigenvalue weighted by Gasteiger charge is -2.10. The number of aromatic nitrogens is 4. The summed E-state index contributed by atoms with van der Waals surface area (Å²) >= 11 is 5.88. The Bertz CT molecular complexity index is 1150. The van der Waals surface area contributed by atoms with E-state index in [0.29, 0.717) is 10.8 Å². The molecule has 8 nitrogen and oxygen atoms in total. The second kappa shape index (κ2) is 8.10. The van der Waals surface area contributed by atoms with E-state index in [-0.39, 0.29) is 25.5 Å². The van der Waals surface area contributed by atoms with Crippen molar-refractivity contribution in [3.63, 3.8) is 0 Å². The van der Waals surface area contributed by atoms with Crippen molar-refractivity contribution in [2.45, 2.75) is 19.6 Å². The minimum atomic E-state index is -0.763. The van der Waals surface area contributed by atoms with Crippen LogP contribution in [-0.2, 0) is 19.6 Å². The number of benzene rings is 1. The van der Waals surface area contributed by atoms with E-state index < -0.39 is 17.1 Å². The number of hydrogen-bond acceptors (Lipinski definition) is 5. The Morgan fingerprint density at radius 3 is 2.00 bits per heavy atom. The number of nitrogens with zero attached hydrogens (tertiary/aromatic N) is 4. The topological polar surface area (TPSA) is 92.0 Å². The number of rotatable bonds is 7. The fraction of sp³-hybridized carbons (Fsp3) is 0.158. The van der Waals surface area contributed by atoms with Gasteiger partial charge in [0.25, 0.3) is 0 Å². The van der Waals surface area contributed by atoms with Crippen molar-refractivity contribution in [1.82, 2.24) is 18.7 Å². The highest BCUT2D eigenvalue weighted by molar-refractivity contribution is 6.30. The molecule has 0 N–H and O–H groups in total. The summed E-state index contributed by atoms with van der Waals surface area (Å²) in [5.74, 6) is 0.614. The molecule has 2 aromatic heterocycles. The molecule has 0 fully saturated rings. The molecule has 0 radical (unpaired) electrons. The minimum absolute atomic E-state index is 0.0311. The van der Waals surface area contributed by atoms with Crippen molar-refractivity contribution in [3.8, 4) is 11.3 Å². The van der Waals surface area contributed by atoms with Gasteiger partial charge >= 0.3 is 17.1 Å². The van der Waals surface area contributed by atoms with Gasteiger partial charge in [0.1, 0.15) is 6.54 Å². The van der Waals surface area contributed by atoms with Crippen LogP contribution in [0.5, 0.6) is 0 Å². The summed E-state index contributed by atoms with van der Waals surface area (Å²) < 4.78 is 8.39. The molecule has 0 atom stereocenters. The zero-order valence-electron chi connectivity index (χ0n) is 14.9. The molecule has 0 aliphatic rings. The highest BCUT2D eigenvalue weighted by Gasteiger charge is 2.16. The number of halogens is 1. The second-order valence-corrected chi connectivity index (χ2v) is 6.29. The normalized spacial score (nSPS) is 10.8. The van der Waals surface area contributed by atoms with Crippen molar-refractivity contribution in [2.75, 3.05) is 0 Å². The standard InChI is InChI=1S/C19H17ClN4O4/c1-3-9-22-17(25)23(10-4-2)19(27)24(18(22)26)12-16-21-11-15(28-16)13-5-7-14(20)8-6-13/h3-8,11H,1-2,9-10,12H2. The molecular weight excluding hydrogens is 384 g/mol. The van der Waals surface area contributed by atoms with Gasteiger partial charge in [-0.15, -0.1) is 13.2 Å². The van der Waals surface area contributed by atoms with Crippen LogP contribution >= 0.6 is 11.6 Å². The molecule has 0 bridgehead atoms. The van der Waals surface area contributed by atoms with Gasteiger partial charge in [-0.2, -0.15) is 0 Å². The average Bonchev–Trinajstić information content (AvgIpc) is 3.15. The minimum Gasteiger partial charge on any atom is -0.439 e. The fourth-order valence-electron chi connectivity index (χ4n) is 2.65. The van der Waals surface area contributed by atoms with Crippen LogP contribution in [0, 0.1) is 0 Å². The Balaban J connectivity index is 2.05. The van der Waals surface area contributed by atoms with Crippen LogP contribution in [0.1, 0.15) is 5.89 Å². The fourth-order valence-corrected chi connectivity index (χ4v) is 2.78. The Morgan fingerprint density at radius 2 is 1.46 bits per heavy atom. The number of hydrogen-bond donors (Lipinski definition) is 0. The molecule has 144 valence electrons. The van der Waals surface area contributed by atoms with Crippen molar-refractivity contribution in [1.29, 1.82) is 0 Å².